The van der Waals surface area contributed by atoms with Gasteiger partial charge in [0.25, 0.3) is 5.91 Å². The highest BCUT2D eigenvalue weighted by molar-refractivity contribution is 6.07. The number of hydrogen-bond acceptors (Lipinski definition) is 5. The highest BCUT2D eigenvalue weighted by Gasteiger charge is 2.31. The molecule has 1 aliphatic rings. The molecule has 1 aliphatic heterocycles. The number of rotatable bonds is 8. The molecular formula is C26H29F3N4O2. The Hall–Kier alpha value is -3.33. The molecule has 0 atom stereocenters. The van der Waals surface area contributed by atoms with Gasteiger partial charge in [0.2, 0.25) is 0 Å². The van der Waals surface area contributed by atoms with E-state index in [4.69, 9.17) is 9.72 Å². The largest absolute Gasteiger partial charge is 0.416 e. The van der Waals surface area contributed by atoms with Gasteiger partial charge >= 0.3 is 6.18 Å². The van der Waals surface area contributed by atoms with Crippen molar-refractivity contribution in [3.63, 3.8) is 0 Å². The number of hydrogen-bond donors (Lipinski definition) is 1. The molecule has 2 aromatic carbocycles. The van der Waals surface area contributed by atoms with Gasteiger partial charge in [-0.15, -0.1) is 0 Å². The molecule has 1 N–H and O–H groups in total. The van der Waals surface area contributed by atoms with Gasteiger partial charge in [0.05, 0.1) is 23.3 Å². The van der Waals surface area contributed by atoms with E-state index < -0.39 is 11.7 Å². The van der Waals surface area contributed by atoms with Gasteiger partial charge in [-0.3, -0.25) is 4.79 Å². The van der Waals surface area contributed by atoms with Crippen LogP contribution in [0.1, 0.15) is 29.3 Å². The third-order valence-electron chi connectivity index (χ3n) is 5.97. The lowest BCUT2D eigenvalue weighted by Crippen LogP contribution is -2.47. The van der Waals surface area contributed by atoms with Gasteiger partial charge in [-0.1, -0.05) is 31.2 Å². The van der Waals surface area contributed by atoms with Crippen molar-refractivity contribution < 1.29 is 22.7 Å². The Morgan fingerprint density at radius 3 is 2.49 bits per heavy atom. The Morgan fingerprint density at radius 1 is 1.00 bits per heavy atom. The molecular weight excluding hydrogens is 457 g/mol. The van der Waals surface area contributed by atoms with E-state index in [0.29, 0.717) is 63.0 Å². The van der Waals surface area contributed by atoms with E-state index in [1.165, 1.54) is 12.1 Å². The molecule has 3 aromatic rings. The molecule has 0 bridgehead atoms. The van der Waals surface area contributed by atoms with Crippen LogP contribution in [-0.2, 0) is 10.9 Å². The summed E-state index contributed by atoms with van der Waals surface area (Å²) >= 11 is 0. The smallest absolute Gasteiger partial charge is 0.380 e. The zero-order valence-electron chi connectivity index (χ0n) is 19.6. The maximum Gasteiger partial charge on any atom is 0.416 e. The molecule has 2 heterocycles. The Morgan fingerprint density at radius 2 is 1.74 bits per heavy atom. The zero-order chi connectivity index (χ0) is 24.8. The van der Waals surface area contributed by atoms with E-state index in [9.17, 15) is 18.0 Å². The van der Waals surface area contributed by atoms with Gasteiger partial charge in [0.15, 0.2) is 0 Å². The highest BCUT2D eigenvalue weighted by Crippen LogP contribution is 2.32. The predicted molar refractivity (Wildman–Crippen MR) is 131 cm³/mol. The van der Waals surface area contributed by atoms with Gasteiger partial charge in [-0.2, -0.15) is 13.2 Å². The summed E-state index contributed by atoms with van der Waals surface area (Å²) in [6.45, 7) is 5.81. The maximum atomic E-state index is 13.1. The van der Waals surface area contributed by atoms with Crippen molar-refractivity contribution in [2.75, 3.05) is 55.7 Å². The number of carbonyl (C=O) groups is 1. The highest BCUT2D eigenvalue weighted by atomic mass is 19.4. The monoisotopic (exact) mass is 486 g/mol. The van der Waals surface area contributed by atoms with Crippen LogP contribution in [0.4, 0.5) is 24.7 Å². The topological polar surface area (TPSA) is 57.7 Å². The Kier molecular flexibility index (Phi) is 7.75. The molecule has 4 rings (SSSR count). The van der Waals surface area contributed by atoms with Crippen LogP contribution in [0, 0.1) is 0 Å². The third-order valence-corrected chi connectivity index (χ3v) is 5.97. The minimum absolute atomic E-state index is 0.187. The first-order chi connectivity index (χ1) is 16.9. The van der Waals surface area contributed by atoms with Crippen LogP contribution in [0.15, 0.2) is 54.6 Å². The molecule has 1 amide bonds. The standard InChI is InChI=1S/C26H29F3N4O2/c1-2-15-35-16-10-30-25(34)22-18-24(31-23-9-4-3-8-21(22)23)33-13-11-32(12-14-33)20-7-5-6-19(17-20)26(27,28)29/h3-9,17-18H,2,10-16H2,1H3,(H,30,34). The fourth-order valence-corrected chi connectivity index (χ4v) is 4.16. The number of pyridine rings is 1. The van der Waals surface area contributed by atoms with Crippen molar-refractivity contribution in [2.24, 2.45) is 0 Å². The Balaban J connectivity index is 1.48. The summed E-state index contributed by atoms with van der Waals surface area (Å²) < 4.78 is 44.8. The van der Waals surface area contributed by atoms with Crippen LogP contribution in [0.2, 0.25) is 0 Å². The van der Waals surface area contributed by atoms with E-state index >= 15 is 0 Å². The predicted octanol–water partition coefficient (Wildman–Crippen LogP) is 4.74. The number of piperazine rings is 1. The number of nitrogens with zero attached hydrogens (tertiary/aromatic N) is 3. The summed E-state index contributed by atoms with van der Waals surface area (Å²) in [6, 6.07) is 14.7. The average molecular weight is 487 g/mol. The molecule has 9 heteroatoms. The second-order valence-corrected chi connectivity index (χ2v) is 8.44. The van der Waals surface area contributed by atoms with Crippen molar-refractivity contribution in [1.29, 1.82) is 0 Å². The Bertz CT molecular complexity index is 1160. The van der Waals surface area contributed by atoms with Crippen LogP contribution in [-0.4, -0.2) is 56.8 Å². The molecule has 35 heavy (non-hydrogen) atoms. The summed E-state index contributed by atoms with van der Waals surface area (Å²) in [7, 11) is 0. The minimum atomic E-state index is -4.37. The number of benzene rings is 2. The number of ether oxygens (including phenoxy) is 1. The molecule has 1 fully saturated rings. The lowest BCUT2D eigenvalue weighted by Gasteiger charge is -2.37. The van der Waals surface area contributed by atoms with Gasteiger partial charge in [0.1, 0.15) is 5.82 Å². The van der Waals surface area contributed by atoms with Crippen molar-refractivity contribution in [3.05, 3.63) is 65.7 Å². The van der Waals surface area contributed by atoms with E-state index in [1.807, 2.05) is 36.1 Å². The normalized spacial score (nSPS) is 14.4. The lowest BCUT2D eigenvalue weighted by atomic mass is 10.1. The zero-order valence-corrected chi connectivity index (χ0v) is 19.6. The number of anilines is 2. The summed E-state index contributed by atoms with van der Waals surface area (Å²) in [6.07, 6.45) is -3.45. The average Bonchev–Trinajstić information content (AvgIpc) is 2.87. The fourth-order valence-electron chi connectivity index (χ4n) is 4.16. The number of amides is 1. The first kappa shape index (κ1) is 24.8. The van der Waals surface area contributed by atoms with Gasteiger partial charge in [-0.25, -0.2) is 4.98 Å². The quantitative estimate of drug-likeness (QED) is 0.467. The molecule has 186 valence electrons. The van der Waals surface area contributed by atoms with E-state index in [1.54, 1.807) is 12.1 Å². The molecule has 0 radical (unpaired) electrons. The number of fused-ring (bicyclic) bond motifs is 1. The second-order valence-electron chi connectivity index (χ2n) is 8.44. The van der Waals surface area contributed by atoms with Crippen LogP contribution < -0.4 is 15.1 Å². The third kappa shape index (κ3) is 6.03. The molecule has 0 aliphatic carbocycles. The van der Waals surface area contributed by atoms with E-state index in [-0.39, 0.29) is 5.91 Å². The van der Waals surface area contributed by atoms with Crippen LogP contribution in [0.25, 0.3) is 10.9 Å². The van der Waals surface area contributed by atoms with Crippen LogP contribution >= 0.6 is 0 Å². The first-order valence-electron chi connectivity index (χ1n) is 11.8. The van der Waals surface area contributed by atoms with E-state index in [2.05, 4.69) is 10.2 Å². The second kappa shape index (κ2) is 10.9. The maximum absolute atomic E-state index is 13.1. The SMILES string of the molecule is CCCOCCNC(=O)c1cc(N2CCN(c3cccc(C(F)(F)F)c3)CC2)nc2ccccc12. The van der Waals surface area contributed by atoms with Gasteiger partial charge in [-0.05, 0) is 36.8 Å². The van der Waals surface area contributed by atoms with Crippen molar-refractivity contribution in [1.82, 2.24) is 10.3 Å². The Labute approximate surface area is 202 Å². The summed E-state index contributed by atoms with van der Waals surface area (Å²) in [4.78, 5) is 21.7. The number of para-hydroxylation sites is 1. The van der Waals surface area contributed by atoms with Gasteiger partial charge in [0, 0.05) is 50.4 Å². The van der Waals surface area contributed by atoms with Gasteiger partial charge < -0.3 is 19.9 Å². The van der Waals surface area contributed by atoms with Crippen molar-refractivity contribution in [3.8, 4) is 0 Å². The van der Waals surface area contributed by atoms with E-state index in [0.717, 1.165) is 23.4 Å². The minimum Gasteiger partial charge on any atom is -0.380 e. The van der Waals surface area contributed by atoms with Crippen molar-refractivity contribution in [2.45, 2.75) is 19.5 Å². The number of carbonyl (C=O) groups excluding carboxylic acids is 1. The molecule has 0 spiro atoms. The number of aromatic nitrogens is 1. The first-order valence-corrected chi connectivity index (χ1v) is 11.8. The number of nitrogens with one attached hydrogen (secondary N) is 1. The summed E-state index contributed by atoms with van der Waals surface area (Å²) in [5.41, 5.74) is 1.17. The fraction of sp³-hybridized carbons (Fsp3) is 0.385. The molecule has 0 unspecified atom stereocenters. The summed E-state index contributed by atoms with van der Waals surface area (Å²) in [5.74, 6) is 0.493. The van der Waals surface area contributed by atoms with Crippen LogP contribution in [0.3, 0.4) is 0 Å². The summed E-state index contributed by atoms with van der Waals surface area (Å²) in [5, 5.41) is 3.69. The number of alkyl halides is 3. The lowest BCUT2D eigenvalue weighted by molar-refractivity contribution is -0.137. The van der Waals surface area contributed by atoms with Crippen LogP contribution in [0.5, 0.6) is 0 Å². The molecule has 0 saturated carbocycles. The van der Waals surface area contributed by atoms with Crippen molar-refractivity contribution >= 4 is 28.3 Å². The number of halogens is 3. The molecule has 1 aromatic heterocycles. The molecule has 1 saturated heterocycles. The molecule has 6 nitrogen and oxygen atoms in total.